The summed E-state index contributed by atoms with van der Waals surface area (Å²) in [7, 11) is -0.495. The molecule has 4 heteroatoms. The van der Waals surface area contributed by atoms with Gasteiger partial charge in [0.2, 0.25) is 0 Å². The van der Waals surface area contributed by atoms with Crippen LogP contribution < -0.4 is 0 Å². The Labute approximate surface area is 80.0 Å². The monoisotopic (exact) mass is 198 g/mol. The summed E-state index contributed by atoms with van der Waals surface area (Å²) in [5.74, 6) is 1.18. The van der Waals surface area contributed by atoms with Crippen molar-refractivity contribution in [2.24, 2.45) is 0 Å². The fourth-order valence-electron chi connectivity index (χ4n) is 1.55. The standard InChI is InChI=1S/C9H15N2OP/c1-7(2)13-11-5-4-10-9(11)6-8(3)12-13/h4-5,7-8H,6H2,1-3H3. The molecule has 0 amide bonds. The van der Waals surface area contributed by atoms with E-state index in [0.717, 1.165) is 6.42 Å². The zero-order chi connectivity index (χ0) is 9.42. The van der Waals surface area contributed by atoms with E-state index in [9.17, 15) is 0 Å². The average molecular weight is 198 g/mol. The summed E-state index contributed by atoms with van der Waals surface area (Å²) in [5.41, 5.74) is 0.561. The van der Waals surface area contributed by atoms with Gasteiger partial charge in [0.25, 0.3) is 0 Å². The minimum atomic E-state index is -0.495. The molecule has 0 saturated carbocycles. The average Bonchev–Trinajstić information content (AvgIpc) is 2.49. The highest BCUT2D eigenvalue weighted by Gasteiger charge is 2.27. The van der Waals surface area contributed by atoms with E-state index < -0.39 is 8.30 Å². The Morgan fingerprint density at radius 2 is 2.46 bits per heavy atom. The number of hydrogen-bond acceptors (Lipinski definition) is 2. The molecule has 1 aliphatic rings. The Morgan fingerprint density at radius 1 is 1.69 bits per heavy atom. The van der Waals surface area contributed by atoms with Gasteiger partial charge in [0.15, 0.2) is 0 Å². The summed E-state index contributed by atoms with van der Waals surface area (Å²) in [6.07, 6.45) is 5.17. The van der Waals surface area contributed by atoms with E-state index in [4.69, 9.17) is 4.52 Å². The van der Waals surface area contributed by atoms with E-state index in [-0.39, 0.29) is 0 Å². The van der Waals surface area contributed by atoms with Gasteiger partial charge in [-0.05, 0) is 6.92 Å². The summed E-state index contributed by atoms with van der Waals surface area (Å²) >= 11 is 0. The number of fused-ring (bicyclic) bond motifs is 1. The van der Waals surface area contributed by atoms with Gasteiger partial charge < -0.3 is 4.52 Å². The van der Waals surface area contributed by atoms with Gasteiger partial charge in [0, 0.05) is 24.5 Å². The van der Waals surface area contributed by atoms with Gasteiger partial charge in [-0.25, -0.2) is 4.98 Å². The Bertz CT molecular complexity index is 298. The second-order valence-corrected chi connectivity index (χ2v) is 5.98. The molecule has 0 bridgehead atoms. The second kappa shape index (κ2) is 3.39. The van der Waals surface area contributed by atoms with Crippen LogP contribution in [0.3, 0.4) is 0 Å². The lowest BCUT2D eigenvalue weighted by atomic mass is 10.3. The van der Waals surface area contributed by atoms with Gasteiger partial charge in [-0.2, -0.15) is 0 Å². The molecule has 2 atom stereocenters. The van der Waals surface area contributed by atoms with Crippen LogP contribution >= 0.6 is 8.30 Å². The highest BCUT2D eigenvalue weighted by atomic mass is 31.2. The molecule has 2 unspecified atom stereocenters. The number of hydrogen-bond donors (Lipinski definition) is 0. The fourth-order valence-corrected chi connectivity index (χ4v) is 3.39. The molecule has 0 spiro atoms. The van der Waals surface area contributed by atoms with Crippen molar-refractivity contribution in [3.8, 4) is 0 Å². The molecule has 2 heterocycles. The summed E-state index contributed by atoms with van der Waals surface area (Å²) in [5, 5.41) is 0. The Hall–Kier alpha value is -0.400. The normalized spacial score (nSPS) is 27.7. The van der Waals surface area contributed by atoms with E-state index >= 15 is 0 Å². The van der Waals surface area contributed by atoms with Crippen LogP contribution in [-0.2, 0) is 10.9 Å². The third kappa shape index (κ3) is 1.63. The number of aromatic nitrogens is 2. The van der Waals surface area contributed by atoms with Gasteiger partial charge in [0.05, 0.1) is 6.10 Å². The molecule has 0 aromatic carbocycles. The number of nitrogens with zero attached hydrogens (tertiary/aromatic N) is 2. The lowest BCUT2D eigenvalue weighted by Gasteiger charge is -2.31. The smallest absolute Gasteiger partial charge is 0.140 e. The van der Waals surface area contributed by atoms with Crippen molar-refractivity contribution < 1.29 is 4.52 Å². The number of imidazole rings is 1. The molecule has 0 saturated heterocycles. The molecule has 0 aliphatic carbocycles. The van der Waals surface area contributed by atoms with Crippen molar-refractivity contribution in [1.82, 2.24) is 9.32 Å². The van der Waals surface area contributed by atoms with Crippen LogP contribution in [-0.4, -0.2) is 21.1 Å². The minimum absolute atomic E-state index is 0.323. The fraction of sp³-hybridized carbons (Fsp3) is 0.667. The molecule has 0 N–H and O–H groups in total. The van der Waals surface area contributed by atoms with Gasteiger partial charge in [0.1, 0.15) is 14.1 Å². The molecule has 13 heavy (non-hydrogen) atoms. The van der Waals surface area contributed by atoms with Crippen LogP contribution in [0.25, 0.3) is 0 Å². The maximum absolute atomic E-state index is 5.92. The predicted octanol–water partition coefficient (Wildman–Crippen LogP) is 2.41. The summed E-state index contributed by atoms with van der Waals surface area (Å²) in [4.78, 5) is 4.34. The van der Waals surface area contributed by atoms with Crippen LogP contribution in [0.4, 0.5) is 0 Å². The van der Waals surface area contributed by atoms with E-state index in [2.05, 4.69) is 30.1 Å². The molecule has 0 fully saturated rings. The van der Waals surface area contributed by atoms with Crippen molar-refractivity contribution in [2.75, 3.05) is 0 Å². The van der Waals surface area contributed by atoms with Crippen LogP contribution in [0.2, 0.25) is 0 Å². The Morgan fingerprint density at radius 3 is 3.15 bits per heavy atom. The van der Waals surface area contributed by atoms with Crippen LogP contribution in [0.5, 0.6) is 0 Å². The first kappa shape index (κ1) is 9.17. The van der Waals surface area contributed by atoms with Crippen molar-refractivity contribution in [3.63, 3.8) is 0 Å². The van der Waals surface area contributed by atoms with E-state index in [1.807, 2.05) is 12.4 Å². The van der Waals surface area contributed by atoms with Gasteiger partial charge >= 0.3 is 0 Å². The molecular weight excluding hydrogens is 183 g/mol. The molecule has 1 aromatic heterocycles. The molecule has 3 nitrogen and oxygen atoms in total. The molecule has 1 aliphatic heterocycles. The molecule has 0 radical (unpaired) electrons. The quantitative estimate of drug-likeness (QED) is 0.648. The highest BCUT2D eigenvalue weighted by molar-refractivity contribution is 7.51. The van der Waals surface area contributed by atoms with Crippen LogP contribution in [0, 0.1) is 0 Å². The second-order valence-electron chi connectivity index (χ2n) is 3.70. The van der Waals surface area contributed by atoms with E-state index in [0.29, 0.717) is 11.8 Å². The van der Waals surface area contributed by atoms with E-state index in [1.165, 1.54) is 5.82 Å². The molecule has 2 rings (SSSR count). The number of rotatable bonds is 1. The Balaban J connectivity index is 2.32. The van der Waals surface area contributed by atoms with Crippen LogP contribution in [0.1, 0.15) is 26.6 Å². The third-order valence-corrected chi connectivity index (χ3v) is 4.36. The first-order valence-corrected chi connectivity index (χ1v) is 5.95. The summed E-state index contributed by atoms with van der Waals surface area (Å²) < 4.78 is 8.13. The lowest BCUT2D eigenvalue weighted by Crippen LogP contribution is -2.22. The topological polar surface area (TPSA) is 27.1 Å². The van der Waals surface area contributed by atoms with Crippen LogP contribution in [0.15, 0.2) is 12.4 Å². The molecular formula is C9H15N2OP. The SMILES string of the molecule is CC1Cc2nccn2P(C(C)C)O1. The third-order valence-electron chi connectivity index (χ3n) is 2.11. The zero-order valence-electron chi connectivity index (χ0n) is 8.27. The first-order valence-electron chi connectivity index (χ1n) is 4.67. The largest absolute Gasteiger partial charge is 0.335 e. The first-order chi connectivity index (χ1) is 6.18. The van der Waals surface area contributed by atoms with Gasteiger partial charge in [-0.3, -0.25) is 4.34 Å². The van der Waals surface area contributed by atoms with Crippen molar-refractivity contribution >= 4 is 8.30 Å². The van der Waals surface area contributed by atoms with Crippen molar-refractivity contribution in [3.05, 3.63) is 18.2 Å². The van der Waals surface area contributed by atoms with Gasteiger partial charge in [-0.1, -0.05) is 13.8 Å². The highest BCUT2D eigenvalue weighted by Crippen LogP contribution is 2.48. The molecule has 1 aromatic rings. The maximum atomic E-state index is 5.92. The summed E-state index contributed by atoms with van der Waals surface area (Å²) in [6.45, 7) is 6.52. The summed E-state index contributed by atoms with van der Waals surface area (Å²) in [6, 6.07) is 0. The Kier molecular flexibility index (Phi) is 2.39. The van der Waals surface area contributed by atoms with Crippen molar-refractivity contribution in [2.45, 2.75) is 39.0 Å². The predicted molar refractivity (Wildman–Crippen MR) is 53.9 cm³/mol. The van der Waals surface area contributed by atoms with Crippen molar-refractivity contribution in [1.29, 1.82) is 0 Å². The van der Waals surface area contributed by atoms with Gasteiger partial charge in [-0.15, -0.1) is 0 Å². The minimum Gasteiger partial charge on any atom is -0.335 e. The zero-order valence-corrected chi connectivity index (χ0v) is 9.16. The van der Waals surface area contributed by atoms with E-state index in [1.54, 1.807) is 0 Å². The maximum Gasteiger partial charge on any atom is 0.140 e. The molecule has 72 valence electrons. The lowest BCUT2D eigenvalue weighted by molar-refractivity contribution is 0.225.